The normalized spacial score (nSPS) is 19.8. The molecule has 0 saturated carbocycles. The van der Waals surface area contributed by atoms with Crippen LogP contribution in [0.25, 0.3) is 0 Å². The standard InChI is InChI=1S/C17H22F3N3O4S/c1-3-6-12-9-10-23(16(24)15(12)21-27-2)11-13-7-4-5-8-14(13)22-28(25,26)17(18,19)20/h4-5,7-8,12,22H,3,6,9-11H2,1-2H3/b21-15+. The van der Waals surface area contributed by atoms with Gasteiger partial charge < -0.3 is 9.74 Å². The summed E-state index contributed by atoms with van der Waals surface area (Å²) < 4.78 is 62.4. The van der Waals surface area contributed by atoms with Crippen molar-refractivity contribution in [1.82, 2.24) is 4.90 Å². The summed E-state index contributed by atoms with van der Waals surface area (Å²) in [5.41, 5.74) is -5.15. The number of rotatable bonds is 7. The second kappa shape index (κ2) is 8.80. The third-order valence-electron chi connectivity index (χ3n) is 4.39. The molecule has 11 heteroatoms. The number of sulfonamides is 1. The van der Waals surface area contributed by atoms with E-state index < -0.39 is 15.5 Å². The van der Waals surface area contributed by atoms with Crippen LogP contribution in [-0.2, 0) is 26.2 Å². The van der Waals surface area contributed by atoms with Crippen LogP contribution in [0.1, 0.15) is 31.7 Å². The van der Waals surface area contributed by atoms with E-state index in [1.54, 1.807) is 10.8 Å². The van der Waals surface area contributed by atoms with Crippen molar-refractivity contribution in [1.29, 1.82) is 0 Å². The molecule has 1 fully saturated rings. The number of carbonyl (C=O) groups is 1. The fourth-order valence-electron chi connectivity index (χ4n) is 3.04. The van der Waals surface area contributed by atoms with Crippen molar-refractivity contribution in [3.63, 3.8) is 0 Å². The first-order chi connectivity index (χ1) is 13.1. The molecule has 2 rings (SSSR count). The molecule has 1 aliphatic heterocycles. The molecule has 156 valence electrons. The highest BCUT2D eigenvalue weighted by atomic mass is 32.2. The van der Waals surface area contributed by atoms with Gasteiger partial charge in [-0.05, 0) is 24.5 Å². The highest BCUT2D eigenvalue weighted by Gasteiger charge is 2.46. The third-order valence-corrected chi connectivity index (χ3v) is 5.49. The number of amides is 1. The maximum atomic E-state index is 12.8. The Kier molecular flexibility index (Phi) is 6.91. The van der Waals surface area contributed by atoms with Gasteiger partial charge in [-0.2, -0.15) is 21.6 Å². The highest BCUT2D eigenvalue weighted by molar-refractivity contribution is 7.93. The van der Waals surface area contributed by atoms with Gasteiger partial charge in [0, 0.05) is 19.0 Å². The molecule has 0 aliphatic carbocycles. The summed E-state index contributed by atoms with van der Waals surface area (Å²) in [6.45, 7) is 2.31. The summed E-state index contributed by atoms with van der Waals surface area (Å²) in [5.74, 6) is -0.423. The lowest BCUT2D eigenvalue weighted by atomic mass is 9.89. The van der Waals surface area contributed by atoms with Crippen molar-refractivity contribution in [2.24, 2.45) is 11.1 Å². The predicted octanol–water partition coefficient (Wildman–Crippen LogP) is 3.10. The van der Waals surface area contributed by atoms with Gasteiger partial charge in [0.15, 0.2) is 0 Å². The lowest BCUT2D eigenvalue weighted by Crippen LogP contribution is -2.46. The fraction of sp³-hybridized carbons (Fsp3) is 0.529. The van der Waals surface area contributed by atoms with Crippen molar-refractivity contribution >= 4 is 27.3 Å². The van der Waals surface area contributed by atoms with Crippen LogP contribution < -0.4 is 4.72 Å². The summed E-state index contributed by atoms with van der Waals surface area (Å²) in [5, 5.41) is 3.84. The van der Waals surface area contributed by atoms with Crippen molar-refractivity contribution < 1.29 is 31.2 Å². The van der Waals surface area contributed by atoms with Gasteiger partial charge in [0.1, 0.15) is 12.8 Å². The summed E-state index contributed by atoms with van der Waals surface area (Å²) in [6, 6.07) is 5.65. The van der Waals surface area contributed by atoms with Crippen LogP contribution in [0.15, 0.2) is 29.4 Å². The van der Waals surface area contributed by atoms with Gasteiger partial charge in [-0.3, -0.25) is 9.52 Å². The molecule has 0 radical (unpaired) electrons. The second-order valence-corrected chi connectivity index (χ2v) is 8.04. The van der Waals surface area contributed by atoms with Crippen LogP contribution in [-0.4, -0.2) is 44.1 Å². The van der Waals surface area contributed by atoms with Gasteiger partial charge >= 0.3 is 15.5 Å². The van der Waals surface area contributed by atoms with Crippen molar-refractivity contribution in [3.05, 3.63) is 29.8 Å². The first-order valence-electron chi connectivity index (χ1n) is 8.68. The van der Waals surface area contributed by atoms with Gasteiger partial charge in [-0.15, -0.1) is 0 Å². The van der Waals surface area contributed by atoms with Gasteiger partial charge in [0.05, 0.1) is 5.69 Å². The summed E-state index contributed by atoms with van der Waals surface area (Å²) >= 11 is 0. The first-order valence-corrected chi connectivity index (χ1v) is 10.2. The molecule has 28 heavy (non-hydrogen) atoms. The van der Waals surface area contributed by atoms with Crippen LogP contribution in [0.4, 0.5) is 18.9 Å². The molecule has 1 heterocycles. The van der Waals surface area contributed by atoms with Crippen molar-refractivity contribution in [2.75, 3.05) is 18.4 Å². The topological polar surface area (TPSA) is 88.1 Å². The number of alkyl halides is 3. The maximum Gasteiger partial charge on any atom is 0.516 e. The van der Waals surface area contributed by atoms with Gasteiger partial charge in [0.25, 0.3) is 5.91 Å². The zero-order chi connectivity index (χ0) is 20.9. The Hall–Kier alpha value is -2.30. The molecule has 0 aromatic heterocycles. The minimum atomic E-state index is -5.56. The molecule has 1 saturated heterocycles. The Balaban J connectivity index is 2.25. The van der Waals surface area contributed by atoms with Crippen molar-refractivity contribution in [3.8, 4) is 0 Å². The van der Waals surface area contributed by atoms with Crippen molar-refractivity contribution in [2.45, 2.75) is 38.2 Å². The Morgan fingerprint density at radius 2 is 2.00 bits per heavy atom. The Morgan fingerprint density at radius 1 is 1.32 bits per heavy atom. The molecule has 1 aliphatic rings. The summed E-state index contributed by atoms with van der Waals surface area (Å²) in [7, 11) is -4.22. The highest BCUT2D eigenvalue weighted by Crippen LogP contribution is 2.29. The molecule has 1 aromatic rings. The molecule has 1 aromatic carbocycles. The van der Waals surface area contributed by atoms with E-state index in [2.05, 4.69) is 5.16 Å². The molecule has 7 nitrogen and oxygen atoms in total. The number of carbonyl (C=O) groups excluding carboxylic acids is 1. The number of hydrogen-bond donors (Lipinski definition) is 1. The Morgan fingerprint density at radius 3 is 2.61 bits per heavy atom. The van der Waals surface area contributed by atoms with Crippen LogP contribution in [0, 0.1) is 5.92 Å². The van der Waals surface area contributed by atoms with Crippen LogP contribution in [0.3, 0.4) is 0 Å². The third kappa shape index (κ3) is 4.94. The van der Waals surface area contributed by atoms with E-state index in [-0.39, 0.29) is 35.3 Å². The molecular formula is C17H22F3N3O4S. The number of anilines is 1. The second-order valence-electron chi connectivity index (χ2n) is 6.37. The average molecular weight is 421 g/mol. The van der Waals surface area contributed by atoms with Crippen LogP contribution >= 0.6 is 0 Å². The number of oxime groups is 1. The molecule has 0 spiro atoms. The van der Waals surface area contributed by atoms with E-state index in [1.807, 2.05) is 6.92 Å². The minimum Gasteiger partial charge on any atom is -0.399 e. The lowest BCUT2D eigenvalue weighted by molar-refractivity contribution is -0.126. The lowest BCUT2D eigenvalue weighted by Gasteiger charge is -2.32. The number of likely N-dealkylation sites (tertiary alicyclic amines) is 1. The Bertz CT molecular complexity index is 840. The van der Waals surface area contributed by atoms with E-state index in [0.717, 1.165) is 12.8 Å². The number of hydrogen-bond acceptors (Lipinski definition) is 5. The maximum absolute atomic E-state index is 12.8. The number of para-hydroxylation sites is 1. The van der Waals surface area contributed by atoms with E-state index >= 15 is 0 Å². The van der Waals surface area contributed by atoms with E-state index in [0.29, 0.717) is 13.0 Å². The zero-order valence-electron chi connectivity index (χ0n) is 15.5. The van der Waals surface area contributed by atoms with Gasteiger partial charge in [0.2, 0.25) is 0 Å². The monoisotopic (exact) mass is 421 g/mol. The van der Waals surface area contributed by atoms with E-state index in [4.69, 9.17) is 4.84 Å². The first kappa shape index (κ1) is 22.0. The SMILES string of the molecule is CCCC1CCN(Cc2ccccc2NS(=O)(=O)C(F)(F)F)C(=O)/C1=N/OC. The fourth-order valence-corrected chi connectivity index (χ4v) is 3.65. The largest absolute Gasteiger partial charge is 0.516 e. The minimum absolute atomic E-state index is 0.0484. The Labute approximate surface area is 161 Å². The number of halogens is 3. The molecule has 1 unspecified atom stereocenters. The van der Waals surface area contributed by atoms with E-state index in [1.165, 1.54) is 30.2 Å². The van der Waals surface area contributed by atoms with E-state index in [9.17, 15) is 26.4 Å². The number of nitrogens with one attached hydrogen (secondary N) is 1. The van der Waals surface area contributed by atoms with Gasteiger partial charge in [-0.1, -0.05) is 36.7 Å². The molecule has 1 atom stereocenters. The van der Waals surface area contributed by atoms with Gasteiger partial charge in [-0.25, -0.2) is 0 Å². The van der Waals surface area contributed by atoms with Crippen LogP contribution in [0.5, 0.6) is 0 Å². The number of benzene rings is 1. The summed E-state index contributed by atoms with van der Waals surface area (Å²) in [4.78, 5) is 19.0. The molecule has 1 amide bonds. The number of piperidine rings is 1. The predicted molar refractivity (Wildman–Crippen MR) is 97.9 cm³/mol. The zero-order valence-corrected chi connectivity index (χ0v) is 16.3. The molecule has 1 N–H and O–H groups in total. The van der Waals surface area contributed by atoms with Crippen LogP contribution in [0.2, 0.25) is 0 Å². The molecular weight excluding hydrogens is 399 g/mol. The average Bonchev–Trinajstić information content (AvgIpc) is 2.61. The smallest absolute Gasteiger partial charge is 0.399 e. The molecule has 0 bridgehead atoms. The summed E-state index contributed by atoms with van der Waals surface area (Å²) in [6.07, 6.45) is 2.27. The quantitative estimate of drug-likeness (QED) is 0.686. The number of nitrogens with zero attached hydrogens (tertiary/aromatic N) is 2.